The molecule has 1 heterocycles. The lowest BCUT2D eigenvalue weighted by Gasteiger charge is -2.23. The average molecular weight is 297 g/mol. The van der Waals surface area contributed by atoms with E-state index in [0.717, 1.165) is 16.8 Å². The molecule has 2 aromatic rings. The van der Waals surface area contributed by atoms with Gasteiger partial charge in [-0.05, 0) is 23.3 Å². The van der Waals surface area contributed by atoms with Crippen molar-refractivity contribution in [3.05, 3.63) is 54.6 Å². The molecular formula is C18H19NO3. The van der Waals surface area contributed by atoms with E-state index in [1.807, 2.05) is 47.4 Å². The highest BCUT2D eigenvalue weighted by atomic mass is 16.5. The summed E-state index contributed by atoms with van der Waals surface area (Å²) >= 11 is 0. The molecular weight excluding hydrogens is 278 g/mol. The predicted octanol–water partition coefficient (Wildman–Crippen LogP) is 3.03. The second-order valence-electron chi connectivity index (χ2n) is 5.51. The van der Waals surface area contributed by atoms with Crippen LogP contribution in [0.3, 0.4) is 0 Å². The van der Waals surface area contributed by atoms with Crippen LogP contribution in [0, 0.1) is 0 Å². The summed E-state index contributed by atoms with van der Waals surface area (Å²) in [5, 5.41) is 9.39. The molecule has 1 fully saturated rings. The third-order valence-electron chi connectivity index (χ3n) is 4.19. The maximum atomic E-state index is 11.4. The number of rotatable bonds is 4. The molecule has 1 aliphatic rings. The van der Waals surface area contributed by atoms with Crippen molar-refractivity contribution in [1.29, 1.82) is 0 Å². The number of carbonyl (C=O) groups is 1. The van der Waals surface area contributed by atoms with E-state index < -0.39 is 12.0 Å². The molecule has 2 unspecified atom stereocenters. The molecule has 0 saturated carbocycles. The Hall–Kier alpha value is -2.33. The molecule has 114 valence electrons. The Kier molecular flexibility index (Phi) is 4.11. The number of carboxylic acids is 1. The average Bonchev–Trinajstić information content (AvgIpc) is 3.00. The Morgan fingerprint density at radius 2 is 1.73 bits per heavy atom. The molecule has 0 spiro atoms. The summed E-state index contributed by atoms with van der Waals surface area (Å²) in [7, 11) is 1.63. The number of nitrogens with zero attached hydrogens (tertiary/aromatic N) is 1. The lowest BCUT2D eigenvalue weighted by molar-refractivity contribution is -0.138. The van der Waals surface area contributed by atoms with E-state index in [0.29, 0.717) is 13.0 Å². The Labute approximate surface area is 130 Å². The van der Waals surface area contributed by atoms with Gasteiger partial charge in [0.1, 0.15) is 6.04 Å². The van der Waals surface area contributed by atoms with Gasteiger partial charge in [0, 0.05) is 25.8 Å². The van der Waals surface area contributed by atoms with E-state index in [1.54, 1.807) is 7.11 Å². The molecule has 0 bridgehead atoms. The largest absolute Gasteiger partial charge is 0.480 e. The standard InChI is InChI=1S/C18H19NO3/c1-22-16-11-17(18(20)21)19(12-16)15-9-7-14(8-10-15)13-5-3-2-4-6-13/h2-10,16-17H,11-12H2,1H3,(H,20,21). The monoisotopic (exact) mass is 297 g/mol. The second-order valence-corrected chi connectivity index (χ2v) is 5.51. The quantitative estimate of drug-likeness (QED) is 0.942. The topological polar surface area (TPSA) is 49.8 Å². The highest BCUT2D eigenvalue weighted by molar-refractivity contribution is 5.79. The van der Waals surface area contributed by atoms with Crippen molar-refractivity contribution in [1.82, 2.24) is 0 Å². The zero-order valence-corrected chi connectivity index (χ0v) is 12.5. The Morgan fingerprint density at radius 3 is 2.32 bits per heavy atom. The first kappa shape index (κ1) is 14.6. The van der Waals surface area contributed by atoms with E-state index in [1.165, 1.54) is 0 Å². The number of hydrogen-bond acceptors (Lipinski definition) is 3. The smallest absolute Gasteiger partial charge is 0.326 e. The summed E-state index contributed by atoms with van der Waals surface area (Å²) in [6.07, 6.45) is 0.488. The van der Waals surface area contributed by atoms with Gasteiger partial charge in [0.15, 0.2) is 0 Å². The van der Waals surface area contributed by atoms with Crippen molar-refractivity contribution < 1.29 is 14.6 Å². The Bertz CT molecular complexity index is 639. The zero-order chi connectivity index (χ0) is 15.5. The molecule has 4 heteroatoms. The van der Waals surface area contributed by atoms with Crippen LogP contribution in [0.15, 0.2) is 54.6 Å². The highest BCUT2D eigenvalue weighted by Gasteiger charge is 2.37. The van der Waals surface area contributed by atoms with Crippen LogP contribution in [-0.4, -0.2) is 36.9 Å². The molecule has 1 saturated heterocycles. The molecule has 0 aromatic heterocycles. The van der Waals surface area contributed by atoms with E-state index in [-0.39, 0.29) is 6.10 Å². The van der Waals surface area contributed by atoms with Crippen molar-refractivity contribution in [2.45, 2.75) is 18.6 Å². The van der Waals surface area contributed by atoms with E-state index in [2.05, 4.69) is 12.1 Å². The normalized spacial score (nSPS) is 21.0. The fraction of sp³-hybridized carbons (Fsp3) is 0.278. The van der Waals surface area contributed by atoms with Crippen LogP contribution in [0.5, 0.6) is 0 Å². The van der Waals surface area contributed by atoms with Crippen LogP contribution < -0.4 is 4.90 Å². The van der Waals surface area contributed by atoms with Crippen molar-refractivity contribution >= 4 is 11.7 Å². The fourth-order valence-corrected chi connectivity index (χ4v) is 2.96. The molecule has 4 nitrogen and oxygen atoms in total. The van der Waals surface area contributed by atoms with Crippen LogP contribution in [0.1, 0.15) is 6.42 Å². The zero-order valence-electron chi connectivity index (χ0n) is 12.5. The first-order valence-electron chi connectivity index (χ1n) is 7.37. The number of hydrogen-bond donors (Lipinski definition) is 1. The second kappa shape index (κ2) is 6.20. The fourth-order valence-electron chi connectivity index (χ4n) is 2.96. The summed E-state index contributed by atoms with van der Waals surface area (Å²) in [5.74, 6) is -0.799. The van der Waals surface area contributed by atoms with Gasteiger partial charge in [-0.25, -0.2) is 4.79 Å². The summed E-state index contributed by atoms with van der Waals surface area (Å²) in [5.41, 5.74) is 3.20. The number of ether oxygens (including phenoxy) is 1. The van der Waals surface area contributed by atoms with Crippen LogP contribution in [-0.2, 0) is 9.53 Å². The van der Waals surface area contributed by atoms with E-state index in [9.17, 15) is 9.90 Å². The first-order chi connectivity index (χ1) is 10.7. The molecule has 2 atom stereocenters. The van der Waals surface area contributed by atoms with Crippen molar-refractivity contribution in [3.8, 4) is 11.1 Å². The minimum atomic E-state index is -0.799. The van der Waals surface area contributed by atoms with Gasteiger partial charge < -0.3 is 14.7 Å². The third kappa shape index (κ3) is 2.83. The van der Waals surface area contributed by atoms with Gasteiger partial charge in [-0.3, -0.25) is 0 Å². The maximum absolute atomic E-state index is 11.4. The van der Waals surface area contributed by atoms with Gasteiger partial charge in [-0.2, -0.15) is 0 Å². The number of carboxylic acid groups (broad SMARTS) is 1. The summed E-state index contributed by atoms with van der Waals surface area (Å²) in [6.45, 7) is 0.609. The maximum Gasteiger partial charge on any atom is 0.326 e. The lowest BCUT2D eigenvalue weighted by Crippen LogP contribution is -2.35. The molecule has 0 amide bonds. The van der Waals surface area contributed by atoms with Gasteiger partial charge >= 0.3 is 5.97 Å². The van der Waals surface area contributed by atoms with Crippen LogP contribution in [0.25, 0.3) is 11.1 Å². The van der Waals surface area contributed by atoms with Crippen molar-refractivity contribution in [2.24, 2.45) is 0 Å². The number of methoxy groups -OCH3 is 1. The SMILES string of the molecule is COC1CC(C(=O)O)N(c2ccc(-c3ccccc3)cc2)C1. The summed E-state index contributed by atoms with van der Waals surface area (Å²) in [4.78, 5) is 13.3. The molecule has 1 aliphatic heterocycles. The van der Waals surface area contributed by atoms with Gasteiger partial charge in [0.2, 0.25) is 0 Å². The van der Waals surface area contributed by atoms with Gasteiger partial charge in [0.05, 0.1) is 6.10 Å². The summed E-state index contributed by atoms with van der Waals surface area (Å²) in [6, 6.07) is 17.6. The minimum absolute atomic E-state index is 0.0325. The molecule has 22 heavy (non-hydrogen) atoms. The highest BCUT2D eigenvalue weighted by Crippen LogP contribution is 2.29. The van der Waals surface area contributed by atoms with Crippen molar-refractivity contribution in [3.63, 3.8) is 0 Å². The Morgan fingerprint density at radius 1 is 1.09 bits per heavy atom. The predicted molar refractivity (Wildman–Crippen MR) is 86.1 cm³/mol. The molecule has 0 radical (unpaired) electrons. The van der Waals surface area contributed by atoms with Gasteiger partial charge in [-0.15, -0.1) is 0 Å². The molecule has 3 rings (SSSR count). The third-order valence-corrected chi connectivity index (χ3v) is 4.19. The van der Waals surface area contributed by atoms with E-state index in [4.69, 9.17) is 4.74 Å². The number of benzene rings is 2. The molecule has 1 N–H and O–H groups in total. The van der Waals surface area contributed by atoms with Crippen LogP contribution >= 0.6 is 0 Å². The lowest BCUT2D eigenvalue weighted by atomic mass is 10.1. The number of anilines is 1. The van der Waals surface area contributed by atoms with Crippen LogP contribution in [0.4, 0.5) is 5.69 Å². The first-order valence-corrected chi connectivity index (χ1v) is 7.37. The Balaban J connectivity index is 1.84. The minimum Gasteiger partial charge on any atom is -0.480 e. The van der Waals surface area contributed by atoms with Crippen molar-refractivity contribution in [2.75, 3.05) is 18.6 Å². The number of aliphatic carboxylic acids is 1. The molecule has 0 aliphatic carbocycles. The van der Waals surface area contributed by atoms with Gasteiger partial charge in [0.25, 0.3) is 0 Å². The van der Waals surface area contributed by atoms with E-state index >= 15 is 0 Å². The van der Waals surface area contributed by atoms with Gasteiger partial charge in [-0.1, -0.05) is 42.5 Å². The van der Waals surface area contributed by atoms with Crippen LogP contribution in [0.2, 0.25) is 0 Å². The summed E-state index contributed by atoms with van der Waals surface area (Å²) < 4.78 is 5.33. The molecule has 2 aromatic carbocycles.